The molecule has 25 heavy (non-hydrogen) atoms. The summed E-state index contributed by atoms with van der Waals surface area (Å²) in [6.45, 7) is 3.32. The average molecular weight is 347 g/mol. The van der Waals surface area contributed by atoms with Gasteiger partial charge in [0.05, 0.1) is 6.04 Å². The number of nitrogens with zero attached hydrogens (tertiary/aromatic N) is 2. The number of hydrogen-bond donors (Lipinski definition) is 2. The molecule has 136 valence electrons. The highest BCUT2D eigenvalue weighted by atomic mass is 16.5. The Bertz CT molecular complexity index is 605. The van der Waals surface area contributed by atoms with Gasteiger partial charge in [-0.15, -0.1) is 0 Å². The molecule has 2 amide bonds. The fourth-order valence-corrected chi connectivity index (χ4v) is 3.40. The zero-order chi connectivity index (χ0) is 17.8. The van der Waals surface area contributed by atoms with E-state index in [-0.39, 0.29) is 23.5 Å². The molecule has 0 radical (unpaired) electrons. The molecule has 7 nitrogen and oxygen atoms in total. The average Bonchev–Trinajstić information content (AvgIpc) is 2.67. The summed E-state index contributed by atoms with van der Waals surface area (Å²) in [4.78, 5) is 28.6. The number of carbonyl (C=O) groups excluding carboxylic acids is 2. The van der Waals surface area contributed by atoms with Gasteiger partial charge in [0.1, 0.15) is 5.75 Å². The number of carbonyl (C=O) groups is 2. The second-order valence-electron chi connectivity index (χ2n) is 6.64. The summed E-state index contributed by atoms with van der Waals surface area (Å²) in [5.41, 5.74) is 6.71. The first-order valence-corrected chi connectivity index (χ1v) is 8.76. The molecule has 1 atom stereocenters. The van der Waals surface area contributed by atoms with Crippen LogP contribution in [0, 0.1) is 5.92 Å². The fourth-order valence-electron chi connectivity index (χ4n) is 3.40. The van der Waals surface area contributed by atoms with Crippen LogP contribution in [0.4, 0.5) is 0 Å². The third-order valence-corrected chi connectivity index (χ3v) is 5.05. The van der Waals surface area contributed by atoms with Crippen molar-refractivity contribution >= 4 is 11.8 Å². The topological polar surface area (TPSA) is 96.1 Å². The van der Waals surface area contributed by atoms with E-state index >= 15 is 0 Å². The molecule has 1 unspecified atom stereocenters. The Morgan fingerprint density at radius 3 is 2.20 bits per heavy atom. The molecular formula is C18H25N3O4. The SMILES string of the molecule is NC(C(=O)N1CCN(C(=O)c2ccc(O)cc2)CC1)C1CCOCC1. The lowest BCUT2D eigenvalue weighted by Gasteiger charge is -2.37. The Balaban J connectivity index is 1.53. The number of benzene rings is 1. The van der Waals surface area contributed by atoms with Gasteiger partial charge in [-0.3, -0.25) is 9.59 Å². The van der Waals surface area contributed by atoms with E-state index in [0.29, 0.717) is 45.0 Å². The zero-order valence-electron chi connectivity index (χ0n) is 14.3. The summed E-state index contributed by atoms with van der Waals surface area (Å²) in [5, 5.41) is 9.32. The van der Waals surface area contributed by atoms with Gasteiger partial charge in [0.15, 0.2) is 0 Å². The second-order valence-corrected chi connectivity index (χ2v) is 6.64. The van der Waals surface area contributed by atoms with Crippen LogP contribution >= 0.6 is 0 Å². The van der Waals surface area contributed by atoms with Crippen molar-refractivity contribution in [1.29, 1.82) is 0 Å². The summed E-state index contributed by atoms with van der Waals surface area (Å²) in [5.74, 6) is 0.205. The normalized spacial score (nSPS) is 20.4. The Morgan fingerprint density at radius 2 is 1.60 bits per heavy atom. The number of phenols is 1. The molecule has 2 fully saturated rings. The van der Waals surface area contributed by atoms with Crippen LogP contribution in [-0.4, -0.2) is 72.2 Å². The Hall–Kier alpha value is -2.12. The highest BCUT2D eigenvalue weighted by molar-refractivity contribution is 5.94. The summed E-state index contributed by atoms with van der Waals surface area (Å²) < 4.78 is 5.32. The van der Waals surface area contributed by atoms with Crippen molar-refractivity contribution in [2.45, 2.75) is 18.9 Å². The first kappa shape index (κ1) is 17.7. The summed E-state index contributed by atoms with van der Waals surface area (Å²) in [6.07, 6.45) is 1.65. The monoisotopic (exact) mass is 347 g/mol. The van der Waals surface area contributed by atoms with Crippen LogP contribution in [0.15, 0.2) is 24.3 Å². The molecule has 2 heterocycles. The molecule has 2 aliphatic rings. The molecule has 0 saturated carbocycles. The second kappa shape index (κ2) is 7.84. The molecule has 2 aliphatic heterocycles. The van der Waals surface area contributed by atoms with Gasteiger partial charge in [-0.05, 0) is 43.0 Å². The van der Waals surface area contributed by atoms with Crippen LogP contribution in [0.1, 0.15) is 23.2 Å². The number of phenolic OH excluding ortho intramolecular Hbond substituents is 1. The van der Waals surface area contributed by atoms with E-state index in [9.17, 15) is 14.7 Å². The number of nitrogens with two attached hydrogens (primary N) is 1. The van der Waals surface area contributed by atoms with Crippen LogP contribution in [0.2, 0.25) is 0 Å². The van der Waals surface area contributed by atoms with Crippen LogP contribution < -0.4 is 5.73 Å². The molecule has 3 rings (SSSR count). The van der Waals surface area contributed by atoms with Gasteiger partial charge in [0.2, 0.25) is 5.91 Å². The largest absolute Gasteiger partial charge is 0.508 e. The molecule has 0 bridgehead atoms. The number of amides is 2. The van der Waals surface area contributed by atoms with E-state index < -0.39 is 6.04 Å². The fraction of sp³-hybridized carbons (Fsp3) is 0.556. The molecule has 1 aromatic rings. The van der Waals surface area contributed by atoms with Gasteiger partial charge in [-0.1, -0.05) is 0 Å². The van der Waals surface area contributed by atoms with Crippen LogP contribution in [-0.2, 0) is 9.53 Å². The smallest absolute Gasteiger partial charge is 0.253 e. The van der Waals surface area contributed by atoms with E-state index in [1.54, 1.807) is 21.9 Å². The first-order chi connectivity index (χ1) is 12.1. The van der Waals surface area contributed by atoms with Crippen molar-refractivity contribution in [2.75, 3.05) is 39.4 Å². The highest BCUT2D eigenvalue weighted by Crippen LogP contribution is 2.20. The Morgan fingerprint density at radius 1 is 1.04 bits per heavy atom. The number of aromatic hydroxyl groups is 1. The highest BCUT2D eigenvalue weighted by Gasteiger charge is 2.32. The summed E-state index contributed by atoms with van der Waals surface area (Å²) in [6, 6.07) is 5.73. The van der Waals surface area contributed by atoms with Crippen molar-refractivity contribution in [3.63, 3.8) is 0 Å². The number of rotatable bonds is 3. The van der Waals surface area contributed by atoms with Gasteiger partial charge in [-0.25, -0.2) is 0 Å². The van der Waals surface area contributed by atoms with Gasteiger partial charge in [0.25, 0.3) is 5.91 Å². The van der Waals surface area contributed by atoms with E-state index in [0.717, 1.165) is 12.8 Å². The molecule has 2 saturated heterocycles. The molecular weight excluding hydrogens is 322 g/mol. The third-order valence-electron chi connectivity index (χ3n) is 5.05. The predicted molar refractivity (Wildman–Crippen MR) is 92.1 cm³/mol. The number of hydrogen-bond acceptors (Lipinski definition) is 5. The molecule has 0 aromatic heterocycles. The minimum atomic E-state index is -0.483. The first-order valence-electron chi connectivity index (χ1n) is 8.76. The van der Waals surface area contributed by atoms with E-state index in [1.165, 1.54) is 12.1 Å². The van der Waals surface area contributed by atoms with E-state index in [1.807, 2.05) is 0 Å². The maximum atomic E-state index is 12.6. The lowest BCUT2D eigenvalue weighted by atomic mass is 9.91. The van der Waals surface area contributed by atoms with Crippen molar-refractivity contribution in [3.8, 4) is 5.75 Å². The quantitative estimate of drug-likeness (QED) is 0.827. The van der Waals surface area contributed by atoms with Gasteiger partial charge in [-0.2, -0.15) is 0 Å². The summed E-state index contributed by atoms with van der Waals surface area (Å²) in [7, 11) is 0. The van der Waals surface area contributed by atoms with E-state index in [2.05, 4.69) is 0 Å². The van der Waals surface area contributed by atoms with Gasteiger partial charge < -0.3 is 25.4 Å². The lowest BCUT2D eigenvalue weighted by Crippen LogP contribution is -2.56. The molecule has 0 spiro atoms. The molecule has 0 aliphatic carbocycles. The van der Waals surface area contributed by atoms with Gasteiger partial charge >= 0.3 is 0 Å². The van der Waals surface area contributed by atoms with E-state index in [4.69, 9.17) is 10.5 Å². The zero-order valence-corrected chi connectivity index (χ0v) is 14.3. The van der Waals surface area contributed by atoms with Gasteiger partial charge in [0, 0.05) is 45.0 Å². The standard InChI is InChI=1S/C18H25N3O4/c19-16(13-5-11-25-12-6-13)18(24)21-9-7-20(8-10-21)17(23)14-1-3-15(22)4-2-14/h1-4,13,16,22H,5-12,19H2. The molecule has 1 aromatic carbocycles. The molecule has 3 N–H and O–H groups in total. The molecule has 7 heteroatoms. The van der Waals surface area contributed by atoms with Crippen molar-refractivity contribution < 1.29 is 19.4 Å². The summed E-state index contributed by atoms with van der Waals surface area (Å²) >= 11 is 0. The van der Waals surface area contributed by atoms with Crippen molar-refractivity contribution in [2.24, 2.45) is 11.7 Å². The lowest BCUT2D eigenvalue weighted by molar-refractivity contribution is -0.136. The minimum absolute atomic E-state index is 0.0244. The van der Waals surface area contributed by atoms with Crippen LogP contribution in [0.3, 0.4) is 0 Å². The predicted octanol–water partition coefficient (Wildman–Crippen LogP) is 0.431. The number of piperazine rings is 1. The van der Waals surface area contributed by atoms with Crippen molar-refractivity contribution in [1.82, 2.24) is 9.80 Å². The maximum absolute atomic E-state index is 12.6. The third kappa shape index (κ3) is 4.11. The Labute approximate surface area is 147 Å². The van der Waals surface area contributed by atoms with Crippen molar-refractivity contribution in [3.05, 3.63) is 29.8 Å². The maximum Gasteiger partial charge on any atom is 0.253 e. The Kier molecular flexibility index (Phi) is 5.55. The van der Waals surface area contributed by atoms with Crippen LogP contribution in [0.5, 0.6) is 5.75 Å². The number of ether oxygens (including phenoxy) is 1. The van der Waals surface area contributed by atoms with Crippen LogP contribution in [0.25, 0.3) is 0 Å². The minimum Gasteiger partial charge on any atom is -0.508 e.